The van der Waals surface area contributed by atoms with Crippen LogP contribution in [0.15, 0.2) is 47.3 Å². The van der Waals surface area contributed by atoms with E-state index >= 15 is 0 Å². The van der Waals surface area contributed by atoms with Gasteiger partial charge in [0.15, 0.2) is 0 Å². The number of benzene rings is 2. The van der Waals surface area contributed by atoms with Gasteiger partial charge < -0.3 is 4.74 Å². The lowest BCUT2D eigenvalue weighted by atomic mass is 10.1. The molecule has 4 rings (SSSR count). The molecule has 27 heavy (non-hydrogen) atoms. The minimum Gasteiger partial charge on any atom is -0.494 e. The third-order valence-electron chi connectivity index (χ3n) is 4.80. The first-order chi connectivity index (χ1) is 13.2. The Labute approximate surface area is 163 Å². The molecule has 0 saturated carbocycles. The number of halogens is 1. The predicted molar refractivity (Wildman–Crippen MR) is 110 cm³/mol. The van der Waals surface area contributed by atoms with Crippen LogP contribution in [0.2, 0.25) is 5.02 Å². The molecule has 138 valence electrons. The van der Waals surface area contributed by atoms with E-state index in [4.69, 9.17) is 21.3 Å². The molecule has 5 heteroatoms. The first kappa shape index (κ1) is 17.8. The summed E-state index contributed by atoms with van der Waals surface area (Å²) in [4.78, 5) is 17.4. The summed E-state index contributed by atoms with van der Waals surface area (Å²) in [6, 6.07) is 13.3. The number of aromatic nitrogens is 2. The number of rotatable bonds is 5. The summed E-state index contributed by atoms with van der Waals surface area (Å²) in [5.41, 5.74) is 2.77. The second-order valence-electron chi connectivity index (χ2n) is 6.74. The molecule has 0 radical (unpaired) electrons. The molecule has 0 N–H and O–H groups in total. The van der Waals surface area contributed by atoms with Gasteiger partial charge in [-0.15, -0.1) is 0 Å². The van der Waals surface area contributed by atoms with E-state index in [9.17, 15) is 4.79 Å². The Morgan fingerprint density at radius 2 is 2.04 bits per heavy atom. The predicted octanol–water partition coefficient (Wildman–Crippen LogP) is 5.17. The van der Waals surface area contributed by atoms with Crippen molar-refractivity contribution in [2.24, 2.45) is 0 Å². The monoisotopic (exact) mass is 380 g/mol. The van der Waals surface area contributed by atoms with Crippen LogP contribution in [0.3, 0.4) is 0 Å². The number of ether oxygens (including phenoxy) is 1. The van der Waals surface area contributed by atoms with Gasteiger partial charge in [0.2, 0.25) is 0 Å². The van der Waals surface area contributed by atoms with Crippen molar-refractivity contribution in [3.63, 3.8) is 0 Å². The third kappa shape index (κ3) is 3.62. The summed E-state index contributed by atoms with van der Waals surface area (Å²) < 4.78 is 7.47. The van der Waals surface area contributed by atoms with Crippen LogP contribution in [-0.2, 0) is 6.54 Å². The second kappa shape index (κ2) is 7.57. The Morgan fingerprint density at radius 3 is 2.81 bits per heavy atom. The van der Waals surface area contributed by atoms with Crippen LogP contribution in [-0.4, -0.2) is 16.2 Å². The molecule has 0 atom stereocenters. The Bertz CT molecular complexity index is 1070. The van der Waals surface area contributed by atoms with Crippen molar-refractivity contribution in [1.29, 1.82) is 0 Å². The van der Waals surface area contributed by atoms with Crippen molar-refractivity contribution in [3.8, 4) is 5.75 Å². The van der Waals surface area contributed by atoms with E-state index in [1.165, 1.54) is 0 Å². The summed E-state index contributed by atoms with van der Waals surface area (Å²) in [6.45, 7) is 3.55. The van der Waals surface area contributed by atoms with Crippen LogP contribution in [0, 0.1) is 0 Å². The molecule has 0 spiro atoms. The molecular weight excluding hydrogens is 360 g/mol. The average molecular weight is 381 g/mol. The first-order valence-corrected chi connectivity index (χ1v) is 9.67. The smallest absolute Gasteiger partial charge is 0.261 e. The number of allylic oxidation sites excluding steroid dienone is 1. The zero-order chi connectivity index (χ0) is 18.8. The van der Waals surface area contributed by atoms with E-state index in [1.807, 2.05) is 24.3 Å². The van der Waals surface area contributed by atoms with Crippen molar-refractivity contribution in [3.05, 3.63) is 69.2 Å². The fourth-order valence-corrected chi connectivity index (χ4v) is 3.49. The Kier molecular flexibility index (Phi) is 4.99. The van der Waals surface area contributed by atoms with Crippen molar-refractivity contribution < 1.29 is 4.74 Å². The normalized spacial score (nSPS) is 14.7. The number of hydrogen-bond donors (Lipinski definition) is 0. The second-order valence-corrected chi connectivity index (χ2v) is 7.18. The Morgan fingerprint density at radius 1 is 1.22 bits per heavy atom. The number of fused-ring (bicyclic) bond motifs is 2. The van der Waals surface area contributed by atoms with E-state index in [0.29, 0.717) is 22.5 Å². The minimum atomic E-state index is -0.00487. The SMILES string of the molecule is CCCCOc1ccc(/C=C2\CCn3c2nc2cc(Cl)ccc2c3=O)cc1. The zero-order valence-electron chi connectivity index (χ0n) is 15.2. The van der Waals surface area contributed by atoms with Gasteiger partial charge in [0, 0.05) is 11.6 Å². The molecule has 0 fully saturated rings. The van der Waals surface area contributed by atoms with Crippen molar-refractivity contribution in [2.75, 3.05) is 6.61 Å². The van der Waals surface area contributed by atoms with Gasteiger partial charge in [-0.2, -0.15) is 0 Å². The van der Waals surface area contributed by atoms with Gasteiger partial charge in [0.25, 0.3) is 5.56 Å². The summed E-state index contributed by atoms with van der Waals surface area (Å²) in [6.07, 6.45) is 5.06. The lowest BCUT2D eigenvalue weighted by molar-refractivity contribution is 0.309. The van der Waals surface area contributed by atoms with Crippen LogP contribution >= 0.6 is 11.6 Å². The molecule has 0 unspecified atom stereocenters. The van der Waals surface area contributed by atoms with Crippen LogP contribution in [0.4, 0.5) is 0 Å². The van der Waals surface area contributed by atoms with E-state index in [0.717, 1.165) is 48.6 Å². The summed E-state index contributed by atoms with van der Waals surface area (Å²) in [5, 5.41) is 1.19. The molecule has 1 aliphatic heterocycles. The third-order valence-corrected chi connectivity index (χ3v) is 5.03. The lowest BCUT2D eigenvalue weighted by Gasteiger charge is -2.07. The Balaban J connectivity index is 1.65. The summed E-state index contributed by atoms with van der Waals surface area (Å²) in [5.74, 6) is 1.62. The van der Waals surface area contributed by atoms with Gasteiger partial charge in [-0.3, -0.25) is 9.36 Å². The fraction of sp³-hybridized carbons (Fsp3) is 0.273. The van der Waals surface area contributed by atoms with Crippen molar-refractivity contribution in [1.82, 2.24) is 9.55 Å². The average Bonchev–Trinajstić information content (AvgIpc) is 3.06. The highest BCUT2D eigenvalue weighted by Gasteiger charge is 2.20. The molecule has 0 aliphatic carbocycles. The number of unbranched alkanes of at least 4 members (excludes halogenated alkanes) is 1. The van der Waals surface area contributed by atoms with Gasteiger partial charge in [-0.05, 0) is 60.4 Å². The quantitative estimate of drug-likeness (QED) is 0.573. The summed E-state index contributed by atoms with van der Waals surface area (Å²) in [7, 11) is 0. The highest BCUT2D eigenvalue weighted by Crippen LogP contribution is 2.28. The first-order valence-electron chi connectivity index (χ1n) is 9.29. The standard InChI is InChI=1S/C22H21ClN2O2/c1-2-3-12-27-18-7-4-15(5-8-18)13-16-10-11-25-21(16)24-20-14-17(23)6-9-19(20)22(25)26/h4-9,13-14H,2-3,10-12H2,1H3/b16-13+. The lowest BCUT2D eigenvalue weighted by Crippen LogP contribution is -2.20. The van der Waals surface area contributed by atoms with Gasteiger partial charge in [-0.25, -0.2) is 4.98 Å². The zero-order valence-corrected chi connectivity index (χ0v) is 16.0. The van der Waals surface area contributed by atoms with Crippen LogP contribution in [0.1, 0.15) is 37.6 Å². The van der Waals surface area contributed by atoms with Gasteiger partial charge in [0.1, 0.15) is 11.6 Å². The molecule has 0 amide bonds. The van der Waals surface area contributed by atoms with Gasteiger partial charge in [0.05, 0.1) is 17.5 Å². The molecule has 0 bridgehead atoms. The molecule has 2 aromatic carbocycles. The molecular formula is C22H21ClN2O2. The van der Waals surface area contributed by atoms with E-state index < -0.39 is 0 Å². The van der Waals surface area contributed by atoms with Gasteiger partial charge in [-0.1, -0.05) is 37.1 Å². The van der Waals surface area contributed by atoms with Gasteiger partial charge >= 0.3 is 0 Å². The van der Waals surface area contributed by atoms with E-state index in [-0.39, 0.29) is 5.56 Å². The van der Waals surface area contributed by atoms with Crippen LogP contribution < -0.4 is 10.3 Å². The molecule has 4 nitrogen and oxygen atoms in total. The maximum atomic E-state index is 12.7. The maximum Gasteiger partial charge on any atom is 0.261 e. The van der Waals surface area contributed by atoms with Crippen molar-refractivity contribution in [2.45, 2.75) is 32.7 Å². The molecule has 3 aromatic rings. The largest absolute Gasteiger partial charge is 0.494 e. The van der Waals surface area contributed by atoms with Crippen LogP contribution in [0.25, 0.3) is 22.6 Å². The molecule has 0 saturated heterocycles. The molecule has 1 aliphatic rings. The molecule has 1 aromatic heterocycles. The number of hydrogen-bond acceptors (Lipinski definition) is 3. The van der Waals surface area contributed by atoms with Crippen LogP contribution in [0.5, 0.6) is 5.75 Å². The Hall–Kier alpha value is -2.59. The maximum absolute atomic E-state index is 12.7. The number of nitrogens with zero attached hydrogens (tertiary/aromatic N) is 2. The summed E-state index contributed by atoms with van der Waals surface area (Å²) >= 11 is 6.07. The highest BCUT2D eigenvalue weighted by atomic mass is 35.5. The minimum absolute atomic E-state index is 0.00487. The topological polar surface area (TPSA) is 44.1 Å². The van der Waals surface area contributed by atoms with Crippen molar-refractivity contribution >= 4 is 34.2 Å². The van der Waals surface area contributed by atoms with E-state index in [1.54, 1.807) is 22.8 Å². The molecule has 2 heterocycles. The van der Waals surface area contributed by atoms with E-state index in [2.05, 4.69) is 13.0 Å². The highest BCUT2D eigenvalue weighted by molar-refractivity contribution is 6.31. The fourth-order valence-electron chi connectivity index (χ4n) is 3.32.